The van der Waals surface area contributed by atoms with Gasteiger partial charge in [0.1, 0.15) is 6.10 Å². The van der Waals surface area contributed by atoms with Gasteiger partial charge in [-0.05, 0) is 13.8 Å². The summed E-state index contributed by atoms with van der Waals surface area (Å²) < 4.78 is 34.8. The van der Waals surface area contributed by atoms with Crippen LogP contribution in [0.3, 0.4) is 0 Å². The summed E-state index contributed by atoms with van der Waals surface area (Å²) in [4.78, 5) is 25.1. The predicted molar refractivity (Wildman–Crippen MR) is 80.5 cm³/mol. The Morgan fingerprint density at radius 2 is 2.08 bits per heavy atom. The van der Waals surface area contributed by atoms with E-state index in [1.807, 2.05) is 0 Å². The Morgan fingerprint density at radius 3 is 2.75 bits per heavy atom. The van der Waals surface area contributed by atoms with Crippen LogP contribution in [-0.2, 0) is 22.9 Å². The highest BCUT2D eigenvalue weighted by atomic mass is 31.2. The molecule has 10 nitrogen and oxygen atoms in total. The summed E-state index contributed by atoms with van der Waals surface area (Å²) in [6.07, 6.45) is -1.84. The summed E-state index contributed by atoms with van der Waals surface area (Å²) in [5.74, 6) is -0.555. The molecular formula is C13H19N2O8P. The molecular weight excluding hydrogens is 343 g/mol. The summed E-state index contributed by atoms with van der Waals surface area (Å²) >= 11 is 0. The Bertz CT molecular complexity index is 759. The highest BCUT2D eigenvalue weighted by molar-refractivity contribution is 7.48. The minimum atomic E-state index is -3.71. The van der Waals surface area contributed by atoms with Crippen molar-refractivity contribution >= 4 is 7.82 Å². The van der Waals surface area contributed by atoms with Crippen molar-refractivity contribution < 1.29 is 28.0 Å². The topological polar surface area (TPSA) is 129 Å². The number of aromatic nitrogens is 2. The molecule has 0 radical (unpaired) electrons. The van der Waals surface area contributed by atoms with Gasteiger partial charge in [0.15, 0.2) is 6.23 Å². The van der Waals surface area contributed by atoms with E-state index in [1.165, 1.54) is 6.20 Å². The molecule has 0 bridgehead atoms. The summed E-state index contributed by atoms with van der Waals surface area (Å²) in [7, 11) is -3.71. The molecule has 5 atom stereocenters. The quantitative estimate of drug-likeness (QED) is 0.719. The number of aromatic amines is 1. The molecule has 134 valence electrons. The molecule has 0 aliphatic carbocycles. The smallest absolute Gasteiger partial charge is 0.388 e. The summed E-state index contributed by atoms with van der Waals surface area (Å²) in [6.45, 7) is 3.18. The molecule has 0 spiro atoms. The maximum absolute atomic E-state index is 12.3. The number of hydrogen-bond acceptors (Lipinski definition) is 8. The van der Waals surface area contributed by atoms with Crippen molar-refractivity contribution in [3.05, 3.63) is 33.1 Å². The first-order chi connectivity index (χ1) is 11.3. The van der Waals surface area contributed by atoms with E-state index in [2.05, 4.69) is 4.98 Å². The van der Waals surface area contributed by atoms with Crippen molar-refractivity contribution in [1.82, 2.24) is 9.55 Å². The predicted octanol–water partition coefficient (Wildman–Crippen LogP) is -0.00900. The first kappa shape index (κ1) is 17.5. The SMILES string of the molecule is CC(C)O[P@@]1(=O)OC[C@H]2[C@@H](O)[C@H](n3ccc(=O)[nH]c3=O)O[C@@H]2CO1. The van der Waals surface area contributed by atoms with Crippen LogP contribution in [0.1, 0.15) is 20.1 Å². The average Bonchev–Trinajstić information content (AvgIpc) is 2.69. The number of rotatable bonds is 3. The number of phosphoric ester groups is 1. The van der Waals surface area contributed by atoms with Crippen LogP contribution in [0.25, 0.3) is 0 Å². The van der Waals surface area contributed by atoms with Crippen LogP contribution in [0, 0.1) is 5.92 Å². The van der Waals surface area contributed by atoms with E-state index in [0.29, 0.717) is 0 Å². The molecule has 11 heteroatoms. The number of aliphatic hydroxyl groups excluding tert-OH is 1. The van der Waals surface area contributed by atoms with Crippen molar-refractivity contribution in [2.24, 2.45) is 5.92 Å². The molecule has 0 aromatic carbocycles. The highest BCUT2D eigenvalue weighted by Gasteiger charge is 2.49. The van der Waals surface area contributed by atoms with E-state index in [1.54, 1.807) is 13.8 Å². The van der Waals surface area contributed by atoms with Crippen molar-refractivity contribution in [3.8, 4) is 0 Å². The van der Waals surface area contributed by atoms with Crippen LogP contribution in [0.4, 0.5) is 0 Å². The zero-order chi connectivity index (χ0) is 17.5. The third-order valence-corrected chi connectivity index (χ3v) is 5.42. The van der Waals surface area contributed by atoms with Crippen molar-refractivity contribution in [1.29, 1.82) is 0 Å². The van der Waals surface area contributed by atoms with Crippen LogP contribution in [0.2, 0.25) is 0 Å². The van der Waals surface area contributed by atoms with Gasteiger partial charge in [-0.3, -0.25) is 27.9 Å². The fourth-order valence-corrected chi connectivity index (χ4v) is 4.11. The van der Waals surface area contributed by atoms with Crippen LogP contribution in [0.5, 0.6) is 0 Å². The van der Waals surface area contributed by atoms with E-state index in [9.17, 15) is 19.3 Å². The molecule has 2 aliphatic heterocycles. The largest absolute Gasteiger partial charge is 0.475 e. The Morgan fingerprint density at radius 1 is 1.38 bits per heavy atom. The second kappa shape index (κ2) is 6.55. The molecule has 3 rings (SSSR count). The third kappa shape index (κ3) is 3.39. The molecule has 0 amide bonds. The Balaban J connectivity index is 1.78. The molecule has 1 aromatic heterocycles. The normalized spacial score (nSPS) is 36.5. The lowest BCUT2D eigenvalue weighted by Crippen LogP contribution is -2.36. The van der Waals surface area contributed by atoms with Crippen molar-refractivity contribution in [2.45, 2.75) is 38.4 Å². The molecule has 3 heterocycles. The lowest BCUT2D eigenvalue weighted by atomic mass is 9.99. The van der Waals surface area contributed by atoms with Gasteiger partial charge in [-0.25, -0.2) is 9.36 Å². The number of nitrogens with one attached hydrogen (secondary N) is 1. The van der Waals surface area contributed by atoms with Gasteiger partial charge in [-0.15, -0.1) is 0 Å². The van der Waals surface area contributed by atoms with Crippen LogP contribution >= 0.6 is 7.82 Å². The van der Waals surface area contributed by atoms with E-state index in [4.69, 9.17) is 18.3 Å². The van der Waals surface area contributed by atoms with Crippen molar-refractivity contribution in [2.75, 3.05) is 13.2 Å². The van der Waals surface area contributed by atoms with Gasteiger partial charge in [0.2, 0.25) is 0 Å². The molecule has 2 N–H and O–H groups in total. The number of aliphatic hydroxyl groups is 1. The lowest BCUT2D eigenvalue weighted by molar-refractivity contribution is -0.0535. The first-order valence-electron chi connectivity index (χ1n) is 7.51. The Hall–Kier alpha value is -1.29. The Kier molecular flexibility index (Phi) is 4.78. The molecule has 1 aromatic rings. The number of ether oxygens (including phenoxy) is 1. The number of phosphoric acid groups is 1. The summed E-state index contributed by atoms with van der Waals surface area (Å²) in [6, 6.07) is 1.16. The van der Waals surface area contributed by atoms with Crippen molar-refractivity contribution in [3.63, 3.8) is 0 Å². The fourth-order valence-electron chi connectivity index (χ4n) is 2.72. The summed E-state index contributed by atoms with van der Waals surface area (Å²) in [5.41, 5.74) is -1.24. The zero-order valence-electron chi connectivity index (χ0n) is 13.2. The highest BCUT2D eigenvalue weighted by Crippen LogP contribution is 2.54. The van der Waals surface area contributed by atoms with Gasteiger partial charge in [0, 0.05) is 18.2 Å². The summed E-state index contributed by atoms with van der Waals surface area (Å²) in [5, 5.41) is 10.5. The first-order valence-corrected chi connectivity index (χ1v) is 8.98. The minimum absolute atomic E-state index is 0.107. The number of H-pyrrole nitrogens is 1. The van der Waals surface area contributed by atoms with Gasteiger partial charge >= 0.3 is 13.5 Å². The lowest BCUT2D eigenvalue weighted by Gasteiger charge is -2.21. The maximum atomic E-state index is 12.3. The molecule has 2 aliphatic rings. The molecule has 0 saturated carbocycles. The minimum Gasteiger partial charge on any atom is -0.388 e. The van der Waals surface area contributed by atoms with Crippen LogP contribution in [-0.4, -0.2) is 46.2 Å². The van der Waals surface area contributed by atoms with Crippen LogP contribution in [0.15, 0.2) is 21.9 Å². The van der Waals surface area contributed by atoms with E-state index >= 15 is 0 Å². The van der Waals surface area contributed by atoms with Crippen LogP contribution < -0.4 is 11.2 Å². The van der Waals surface area contributed by atoms with Gasteiger partial charge in [0.05, 0.1) is 25.4 Å². The Labute approximate surface area is 136 Å². The van der Waals surface area contributed by atoms with E-state index in [-0.39, 0.29) is 19.3 Å². The zero-order valence-corrected chi connectivity index (χ0v) is 14.0. The average molecular weight is 362 g/mol. The number of hydrogen-bond donors (Lipinski definition) is 2. The van der Waals surface area contributed by atoms with E-state index < -0.39 is 43.4 Å². The third-order valence-electron chi connectivity index (χ3n) is 3.81. The van der Waals surface area contributed by atoms with E-state index in [0.717, 1.165) is 10.6 Å². The standard InChI is InChI=1S/C13H19N2O8P/c1-7(2)23-24(19)20-5-8-9(6-21-24)22-12(11(8)17)15-4-3-10(16)14-13(15)18/h3-4,7-9,11-12,17H,5-6H2,1-2H3,(H,14,16,18)/t8-,9-,11-,12-,24+/m1/s1. The molecule has 24 heavy (non-hydrogen) atoms. The fraction of sp³-hybridized carbons (Fsp3) is 0.692. The van der Waals surface area contributed by atoms with Gasteiger partial charge in [-0.2, -0.15) is 0 Å². The molecule has 2 saturated heterocycles. The monoisotopic (exact) mass is 362 g/mol. The number of nitrogens with zero attached hydrogens (tertiary/aromatic N) is 1. The molecule has 0 unspecified atom stereocenters. The maximum Gasteiger partial charge on any atom is 0.475 e. The van der Waals surface area contributed by atoms with Gasteiger partial charge in [0.25, 0.3) is 5.56 Å². The van der Waals surface area contributed by atoms with Gasteiger partial charge in [-0.1, -0.05) is 0 Å². The second-order valence-corrected chi connectivity index (χ2v) is 7.55. The van der Waals surface area contributed by atoms with Gasteiger partial charge < -0.3 is 9.84 Å². The molecule has 2 fully saturated rings. The second-order valence-electron chi connectivity index (χ2n) is 5.93. The number of fused-ring (bicyclic) bond motifs is 1.